The monoisotopic (exact) mass is 180 g/mol. The van der Waals surface area contributed by atoms with Crippen molar-refractivity contribution in [3.63, 3.8) is 0 Å². The number of carbonyl (C=O) groups is 1. The number of nitrogens with one attached hydrogen (secondary N) is 3. The van der Waals surface area contributed by atoms with Gasteiger partial charge in [-0.3, -0.25) is 5.10 Å². The fourth-order valence-electron chi connectivity index (χ4n) is 1.19. The quantitative estimate of drug-likeness (QED) is 0.484. The van der Waals surface area contributed by atoms with Crippen LogP contribution >= 0.6 is 0 Å². The fourth-order valence-corrected chi connectivity index (χ4v) is 1.19. The number of aliphatic carboxylic acids is 1. The molecule has 6 nitrogen and oxygen atoms in total. The third kappa shape index (κ3) is 1.27. The van der Waals surface area contributed by atoms with Crippen LogP contribution in [-0.2, 0) is 4.79 Å². The van der Waals surface area contributed by atoms with Gasteiger partial charge in [0.2, 0.25) is 0 Å². The molecule has 0 saturated heterocycles. The molecule has 0 fully saturated rings. The normalized spacial score (nSPS) is 16.0. The molecule has 1 aromatic heterocycles. The van der Waals surface area contributed by atoms with E-state index in [1.165, 1.54) is 0 Å². The molecule has 2 rings (SSSR count). The van der Waals surface area contributed by atoms with Gasteiger partial charge in [0, 0.05) is 12.7 Å². The molecule has 0 aliphatic carbocycles. The van der Waals surface area contributed by atoms with Gasteiger partial charge >= 0.3 is 5.97 Å². The first-order valence-electron chi connectivity index (χ1n) is 3.74. The Morgan fingerprint density at radius 2 is 2.46 bits per heavy atom. The molecule has 0 bridgehead atoms. The molecule has 0 aromatic carbocycles. The first kappa shape index (κ1) is 7.81. The van der Waals surface area contributed by atoms with Crippen molar-refractivity contribution in [1.29, 1.82) is 0 Å². The van der Waals surface area contributed by atoms with Crippen molar-refractivity contribution in [3.05, 3.63) is 23.5 Å². The Bertz CT molecular complexity index is 355. The number of aromatic nitrogens is 2. The van der Waals surface area contributed by atoms with Crippen LogP contribution in [0.1, 0.15) is 5.69 Å². The lowest BCUT2D eigenvalue weighted by Crippen LogP contribution is -2.23. The third-order valence-corrected chi connectivity index (χ3v) is 1.81. The molecule has 13 heavy (non-hydrogen) atoms. The highest BCUT2D eigenvalue weighted by molar-refractivity contribution is 5.96. The van der Waals surface area contributed by atoms with Crippen molar-refractivity contribution in [3.8, 4) is 0 Å². The molecule has 1 aliphatic heterocycles. The smallest absolute Gasteiger partial charge is 0.335 e. The predicted octanol–water partition coefficient (Wildman–Crippen LogP) is -0.687. The number of nitrogens with zero attached hydrogens (tertiary/aromatic N) is 1. The number of hydrazine groups is 1. The average Bonchev–Trinajstić information content (AvgIpc) is 2.74. The minimum atomic E-state index is -0.929. The maximum atomic E-state index is 10.7. The summed E-state index contributed by atoms with van der Waals surface area (Å²) in [4.78, 5) is 10.7. The second kappa shape index (κ2) is 2.91. The Kier molecular flexibility index (Phi) is 1.75. The number of aromatic amines is 1. The van der Waals surface area contributed by atoms with Crippen LogP contribution in [-0.4, -0.2) is 27.8 Å². The van der Waals surface area contributed by atoms with Gasteiger partial charge in [-0.2, -0.15) is 5.10 Å². The molecular weight excluding hydrogens is 172 g/mol. The van der Waals surface area contributed by atoms with Crippen LogP contribution in [0.15, 0.2) is 17.8 Å². The van der Waals surface area contributed by atoms with E-state index in [9.17, 15) is 4.79 Å². The van der Waals surface area contributed by atoms with E-state index in [0.717, 1.165) is 0 Å². The lowest BCUT2D eigenvalue weighted by Gasteiger charge is -1.99. The van der Waals surface area contributed by atoms with Crippen LogP contribution < -0.4 is 10.9 Å². The van der Waals surface area contributed by atoms with Crippen LogP contribution in [0.4, 0.5) is 0 Å². The summed E-state index contributed by atoms with van der Waals surface area (Å²) in [6, 6.07) is 1.71. The van der Waals surface area contributed by atoms with E-state index in [0.29, 0.717) is 23.5 Å². The van der Waals surface area contributed by atoms with E-state index < -0.39 is 5.97 Å². The van der Waals surface area contributed by atoms with Gasteiger partial charge < -0.3 is 10.5 Å². The van der Waals surface area contributed by atoms with E-state index in [2.05, 4.69) is 21.0 Å². The van der Waals surface area contributed by atoms with Crippen molar-refractivity contribution in [2.24, 2.45) is 0 Å². The van der Waals surface area contributed by atoms with E-state index >= 15 is 0 Å². The fraction of sp³-hybridized carbons (Fsp3) is 0.143. The van der Waals surface area contributed by atoms with Crippen molar-refractivity contribution in [2.45, 2.75) is 0 Å². The maximum Gasteiger partial charge on any atom is 0.335 e. The highest BCUT2D eigenvalue weighted by atomic mass is 16.4. The minimum Gasteiger partial charge on any atom is -0.478 e. The molecule has 2 heterocycles. The number of rotatable bonds is 2. The van der Waals surface area contributed by atoms with Crippen molar-refractivity contribution in [1.82, 2.24) is 21.0 Å². The maximum absolute atomic E-state index is 10.7. The van der Waals surface area contributed by atoms with Gasteiger partial charge in [0.15, 0.2) is 0 Å². The molecule has 0 amide bonds. The van der Waals surface area contributed by atoms with Gasteiger partial charge in [0.1, 0.15) is 0 Å². The van der Waals surface area contributed by atoms with E-state index in [1.807, 2.05) is 0 Å². The number of carboxylic acid groups (broad SMARTS) is 1. The van der Waals surface area contributed by atoms with Crippen LogP contribution in [0, 0.1) is 0 Å². The molecule has 4 N–H and O–H groups in total. The third-order valence-electron chi connectivity index (χ3n) is 1.81. The predicted molar refractivity (Wildman–Crippen MR) is 44.3 cm³/mol. The summed E-state index contributed by atoms with van der Waals surface area (Å²) in [5, 5.41) is 15.2. The molecule has 0 atom stereocenters. The second-order valence-electron chi connectivity index (χ2n) is 2.61. The number of H-pyrrole nitrogens is 1. The van der Waals surface area contributed by atoms with Gasteiger partial charge in [0.05, 0.1) is 17.0 Å². The minimum absolute atomic E-state index is 0.309. The van der Waals surface area contributed by atoms with Crippen LogP contribution in [0.3, 0.4) is 0 Å². The summed E-state index contributed by atoms with van der Waals surface area (Å²) >= 11 is 0. The Labute approximate surface area is 73.6 Å². The van der Waals surface area contributed by atoms with Crippen LogP contribution in [0.2, 0.25) is 0 Å². The molecule has 0 spiro atoms. The molecular formula is C7H8N4O2. The van der Waals surface area contributed by atoms with Crippen LogP contribution in [0.5, 0.6) is 0 Å². The molecule has 0 saturated carbocycles. The van der Waals surface area contributed by atoms with Crippen molar-refractivity contribution in [2.75, 3.05) is 6.54 Å². The largest absolute Gasteiger partial charge is 0.478 e. The van der Waals surface area contributed by atoms with Gasteiger partial charge in [-0.25, -0.2) is 10.2 Å². The molecule has 6 heteroatoms. The SMILES string of the molecule is O=C(O)C1=C(c2ccn[nH]2)NNC1. The van der Waals surface area contributed by atoms with Gasteiger partial charge in [-0.1, -0.05) is 0 Å². The summed E-state index contributed by atoms with van der Waals surface area (Å²) in [5.41, 5.74) is 7.03. The number of hydrogen-bond acceptors (Lipinski definition) is 4. The van der Waals surface area contributed by atoms with Crippen LogP contribution in [0.25, 0.3) is 5.70 Å². The highest BCUT2D eigenvalue weighted by Crippen LogP contribution is 2.15. The Hall–Kier alpha value is -1.82. The first-order chi connectivity index (χ1) is 6.29. The summed E-state index contributed by atoms with van der Waals surface area (Å²) in [7, 11) is 0. The summed E-state index contributed by atoms with van der Waals surface area (Å²) in [6.45, 7) is 0.309. The standard InChI is InChI=1S/C7H8N4O2/c12-7(13)4-3-9-11-6(4)5-1-2-8-10-5/h1-2,9,11H,3H2,(H,8,10)(H,12,13). The topological polar surface area (TPSA) is 90.0 Å². The summed E-state index contributed by atoms with van der Waals surface area (Å²) in [6.07, 6.45) is 1.57. The van der Waals surface area contributed by atoms with Gasteiger partial charge in [-0.05, 0) is 6.07 Å². The highest BCUT2D eigenvalue weighted by Gasteiger charge is 2.21. The first-order valence-corrected chi connectivity index (χ1v) is 3.74. The number of carboxylic acids is 1. The molecule has 0 unspecified atom stereocenters. The molecule has 68 valence electrons. The zero-order chi connectivity index (χ0) is 9.26. The Morgan fingerprint density at radius 1 is 1.62 bits per heavy atom. The zero-order valence-electron chi connectivity index (χ0n) is 6.66. The lowest BCUT2D eigenvalue weighted by atomic mass is 10.2. The van der Waals surface area contributed by atoms with Crippen molar-refractivity contribution >= 4 is 11.7 Å². The number of hydrogen-bond donors (Lipinski definition) is 4. The van der Waals surface area contributed by atoms with E-state index in [4.69, 9.17) is 5.11 Å². The summed E-state index contributed by atoms with van der Waals surface area (Å²) in [5.74, 6) is -0.929. The second-order valence-corrected chi connectivity index (χ2v) is 2.61. The zero-order valence-corrected chi connectivity index (χ0v) is 6.66. The summed E-state index contributed by atoms with van der Waals surface area (Å²) < 4.78 is 0. The van der Waals surface area contributed by atoms with Gasteiger partial charge in [0.25, 0.3) is 0 Å². The van der Waals surface area contributed by atoms with Crippen molar-refractivity contribution < 1.29 is 9.90 Å². The molecule has 1 aromatic rings. The Morgan fingerprint density at radius 3 is 3.08 bits per heavy atom. The molecule has 1 aliphatic rings. The lowest BCUT2D eigenvalue weighted by molar-refractivity contribution is -0.132. The molecule has 0 radical (unpaired) electrons. The Balaban J connectivity index is 2.41. The van der Waals surface area contributed by atoms with E-state index in [1.54, 1.807) is 12.3 Å². The van der Waals surface area contributed by atoms with Gasteiger partial charge in [-0.15, -0.1) is 0 Å². The van der Waals surface area contributed by atoms with E-state index in [-0.39, 0.29) is 0 Å². The average molecular weight is 180 g/mol.